The molecule has 2 fully saturated rings. The van der Waals surface area contributed by atoms with Crippen LogP contribution in [-0.2, 0) is 0 Å². The molecule has 2 aromatic rings. The average molecular weight is 480 g/mol. The molecule has 3 atom stereocenters. The number of piperidine rings is 1. The molecule has 8 nitrogen and oxygen atoms in total. The summed E-state index contributed by atoms with van der Waals surface area (Å²) in [5.41, 5.74) is 2.11. The van der Waals surface area contributed by atoms with E-state index in [1.54, 1.807) is 13.3 Å². The number of benzene rings is 1. The smallest absolute Gasteiger partial charge is 0.252 e. The molecule has 2 amide bonds. The summed E-state index contributed by atoms with van der Waals surface area (Å²) in [5, 5.41) is 6.22. The highest BCUT2D eigenvalue weighted by molar-refractivity contribution is 5.96. The van der Waals surface area contributed by atoms with Crippen LogP contribution in [0.25, 0.3) is 0 Å². The Morgan fingerprint density at radius 2 is 1.86 bits per heavy atom. The van der Waals surface area contributed by atoms with Crippen LogP contribution in [-0.4, -0.2) is 74.1 Å². The molecular weight excluding hydrogens is 442 g/mol. The number of carbonyl (C=O) groups excluding carboxylic acids is 2. The summed E-state index contributed by atoms with van der Waals surface area (Å²) in [6.45, 7) is 3.51. The Hall–Kier alpha value is -3.13. The van der Waals surface area contributed by atoms with Gasteiger partial charge < -0.3 is 25.2 Å². The molecule has 1 aromatic heterocycles. The van der Waals surface area contributed by atoms with Crippen LogP contribution in [0.15, 0.2) is 36.5 Å². The normalized spacial score (nSPS) is 21.2. The predicted molar refractivity (Wildman–Crippen MR) is 137 cm³/mol. The molecule has 188 valence electrons. The fraction of sp³-hybridized carbons (Fsp3) is 0.519. The summed E-state index contributed by atoms with van der Waals surface area (Å²) in [6, 6.07) is 10.2. The van der Waals surface area contributed by atoms with E-state index in [0.717, 1.165) is 55.8 Å². The number of nitrogens with zero attached hydrogens (tertiary/aromatic N) is 3. The summed E-state index contributed by atoms with van der Waals surface area (Å²) >= 11 is 0. The third kappa shape index (κ3) is 5.75. The predicted octanol–water partition coefficient (Wildman–Crippen LogP) is 3.01. The van der Waals surface area contributed by atoms with Gasteiger partial charge in [0, 0.05) is 42.0 Å². The summed E-state index contributed by atoms with van der Waals surface area (Å²) in [6.07, 6.45) is 6.55. The van der Waals surface area contributed by atoms with Crippen molar-refractivity contribution in [2.24, 2.45) is 0 Å². The molecule has 2 bridgehead atoms. The van der Waals surface area contributed by atoms with E-state index in [1.807, 2.05) is 51.4 Å². The molecule has 0 saturated carbocycles. The van der Waals surface area contributed by atoms with Crippen molar-refractivity contribution in [2.75, 3.05) is 39.2 Å². The van der Waals surface area contributed by atoms with Gasteiger partial charge in [-0.25, -0.2) is 4.98 Å². The lowest BCUT2D eigenvalue weighted by molar-refractivity contribution is 0.0923. The molecule has 2 N–H and O–H groups in total. The van der Waals surface area contributed by atoms with Gasteiger partial charge in [0.15, 0.2) is 0 Å². The van der Waals surface area contributed by atoms with Gasteiger partial charge in [-0.2, -0.15) is 0 Å². The van der Waals surface area contributed by atoms with Gasteiger partial charge >= 0.3 is 0 Å². The molecular formula is C27H37N5O3. The third-order valence-corrected chi connectivity index (χ3v) is 7.16. The highest BCUT2D eigenvalue weighted by atomic mass is 16.5. The van der Waals surface area contributed by atoms with Gasteiger partial charge in [0.2, 0.25) is 0 Å². The van der Waals surface area contributed by atoms with Crippen LogP contribution in [0, 0.1) is 6.92 Å². The second-order valence-corrected chi connectivity index (χ2v) is 9.88. The highest BCUT2D eigenvalue weighted by Gasteiger charge is 2.41. The quantitative estimate of drug-likeness (QED) is 0.538. The number of hydrogen-bond acceptors (Lipinski definition) is 6. The lowest BCUT2D eigenvalue weighted by Crippen LogP contribution is -2.50. The van der Waals surface area contributed by atoms with Crippen molar-refractivity contribution in [3.63, 3.8) is 0 Å². The molecule has 0 spiro atoms. The van der Waals surface area contributed by atoms with Gasteiger partial charge in [0.25, 0.3) is 11.8 Å². The minimum absolute atomic E-state index is 0.0432. The van der Waals surface area contributed by atoms with Crippen molar-refractivity contribution in [2.45, 2.75) is 57.2 Å². The number of aromatic nitrogens is 1. The number of nitrogens with one attached hydrogen (secondary N) is 2. The Bertz CT molecular complexity index is 1030. The van der Waals surface area contributed by atoms with Crippen molar-refractivity contribution in [1.29, 1.82) is 0 Å². The summed E-state index contributed by atoms with van der Waals surface area (Å²) in [4.78, 5) is 34.5. The highest BCUT2D eigenvalue weighted by Crippen LogP contribution is 2.38. The third-order valence-electron chi connectivity index (χ3n) is 7.16. The van der Waals surface area contributed by atoms with E-state index in [-0.39, 0.29) is 17.9 Å². The van der Waals surface area contributed by atoms with E-state index >= 15 is 0 Å². The molecule has 35 heavy (non-hydrogen) atoms. The molecule has 0 unspecified atom stereocenters. The second kappa shape index (κ2) is 11.1. The van der Waals surface area contributed by atoms with E-state index in [0.29, 0.717) is 29.8 Å². The first-order valence-corrected chi connectivity index (χ1v) is 12.5. The molecule has 3 heterocycles. The Balaban J connectivity index is 1.34. The number of amides is 2. The fourth-order valence-corrected chi connectivity index (χ4v) is 5.39. The second-order valence-electron chi connectivity index (χ2n) is 9.88. The van der Waals surface area contributed by atoms with Crippen LogP contribution in [0.1, 0.15) is 58.4 Å². The number of carbonyl (C=O) groups is 2. The van der Waals surface area contributed by atoms with E-state index in [1.165, 1.54) is 0 Å². The van der Waals surface area contributed by atoms with Crippen molar-refractivity contribution < 1.29 is 14.3 Å². The average Bonchev–Trinajstić information content (AvgIpc) is 3.11. The first-order chi connectivity index (χ1) is 16.9. The number of rotatable bonds is 9. The van der Waals surface area contributed by atoms with Crippen molar-refractivity contribution in [1.82, 2.24) is 20.5 Å². The Labute approximate surface area is 208 Å². The number of ether oxygens (including phenoxy) is 1. The fourth-order valence-electron chi connectivity index (χ4n) is 5.39. The van der Waals surface area contributed by atoms with Crippen LogP contribution in [0.2, 0.25) is 0 Å². The maximum absolute atomic E-state index is 13.0. The summed E-state index contributed by atoms with van der Waals surface area (Å²) in [5.74, 6) is 1.51. The van der Waals surface area contributed by atoms with Crippen LogP contribution in [0.3, 0.4) is 0 Å². The number of pyridine rings is 1. The maximum atomic E-state index is 13.0. The maximum Gasteiger partial charge on any atom is 0.252 e. The Morgan fingerprint density at radius 3 is 2.49 bits per heavy atom. The minimum Gasteiger partial charge on any atom is -0.496 e. The lowest BCUT2D eigenvalue weighted by atomic mass is 9.96. The molecule has 1 aromatic carbocycles. The first kappa shape index (κ1) is 25.0. The van der Waals surface area contributed by atoms with Gasteiger partial charge in [-0.1, -0.05) is 6.07 Å². The molecule has 2 aliphatic heterocycles. The number of anilines is 1. The van der Waals surface area contributed by atoms with Gasteiger partial charge in [-0.05, 0) is 83.9 Å². The molecule has 4 rings (SSSR count). The van der Waals surface area contributed by atoms with E-state index in [4.69, 9.17) is 4.74 Å². The van der Waals surface area contributed by atoms with E-state index in [2.05, 4.69) is 25.4 Å². The number of methoxy groups -OCH3 is 1. The molecule has 2 saturated heterocycles. The molecule has 0 aliphatic carbocycles. The van der Waals surface area contributed by atoms with E-state index in [9.17, 15) is 9.59 Å². The van der Waals surface area contributed by atoms with Gasteiger partial charge in [-0.3, -0.25) is 9.59 Å². The van der Waals surface area contributed by atoms with Crippen molar-refractivity contribution in [3.8, 4) is 5.75 Å². The zero-order chi connectivity index (χ0) is 24.9. The van der Waals surface area contributed by atoms with Gasteiger partial charge in [0.1, 0.15) is 11.6 Å². The standard InChI is InChI=1S/C27H37N5O3/c1-18-23(7-5-8-24(18)35-4)27(34)30-20-15-21-10-11-22(16-20)32(21)25-12-9-19(17-29-25)26(33)28-13-6-14-31(2)3/h5,7-9,12,17,20-22H,6,10-11,13-16H2,1-4H3,(H,28,33)(H,30,34)/t20-,21+,22-. The topological polar surface area (TPSA) is 86.8 Å². The zero-order valence-electron chi connectivity index (χ0n) is 21.2. The van der Waals surface area contributed by atoms with Crippen LogP contribution >= 0.6 is 0 Å². The Kier molecular flexibility index (Phi) is 7.90. The molecule has 8 heteroatoms. The van der Waals surface area contributed by atoms with Gasteiger partial charge in [0.05, 0.1) is 12.7 Å². The van der Waals surface area contributed by atoms with E-state index < -0.39 is 0 Å². The number of fused-ring (bicyclic) bond motifs is 2. The summed E-state index contributed by atoms with van der Waals surface area (Å²) < 4.78 is 5.37. The van der Waals surface area contributed by atoms with Crippen molar-refractivity contribution in [3.05, 3.63) is 53.2 Å². The molecule has 2 aliphatic rings. The summed E-state index contributed by atoms with van der Waals surface area (Å²) in [7, 11) is 5.67. The Morgan fingerprint density at radius 1 is 1.11 bits per heavy atom. The van der Waals surface area contributed by atoms with Crippen LogP contribution < -0.4 is 20.3 Å². The first-order valence-electron chi connectivity index (χ1n) is 12.5. The molecule has 0 radical (unpaired) electrons. The van der Waals surface area contributed by atoms with Crippen molar-refractivity contribution >= 4 is 17.6 Å². The lowest BCUT2D eigenvalue weighted by Gasteiger charge is -2.40. The monoisotopic (exact) mass is 479 g/mol. The largest absolute Gasteiger partial charge is 0.496 e. The van der Waals surface area contributed by atoms with Gasteiger partial charge in [-0.15, -0.1) is 0 Å². The zero-order valence-corrected chi connectivity index (χ0v) is 21.2. The number of hydrogen-bond donors (Lipinski definition) is 2. The SMILES string of the molecule is COc1cccc(C(=O)N[C@H]2C[C@H]3CC[C@@H](C2)N3c2ccc(C(=O)NCCCN(C)C)cn2)c1C. The van der Waals surface area contributed by atoms with Crippen LogP contribution in [0.4, 0.5) is 5.82 Å². The van der Waals surface area contributed by atoms with Crippen LogP contribution in [0.5, 0.6) is 5.75 Å². The minimum atomic E-state index is -0.0833.